The van der Waals surface area contributed by atoms with Crippen LogP contribution in [-0.2, 0) is 4.57 Å². The van der Waals surface area contributed by atoms with Crippen molar-refractivity contribution in [2.24, 2.45) is 0 Å². The lowest BCUT2D eigenvalue weighted by Crippen LogP contribution is -2.47. The van der Waals surface area contributed by atoms with E-state index >= 15 is 0 Å². The summed E-state index contributed by atoms with van der Waals surface area (Å²) in [6, 6.07) is 16.6. The van der Waals surface area contributed by atoms with Crippen LogP contribution in [0.25, 0.3) is 0 Å². The second-order valence-corrected chi connectivity index (χ2v) is 7.90. The lowest BCUT2D eigenvalue weighted by molar-refractivity contribution is 0.168. The van der Waals surface area contributed by atoms with E-state index in [1.165, 1.54) is 0 Å². The molecule has 0 spiro atoms. The van der Waals surface area contributed by atoms with Gasteiger partial charge in [-0.1, -0.05) is 36.4 Å². The molecule has 0 radical (unpaired) electrons. The number of hydrogen-bond donors (Lipinski definition) is 1. The third kappa shape index (κ3) is 5.53. The highest BCUT2D eigenvalue weighted by Crippen LogP contribution is 2.45. The van der Waals surface area contributed by atoms with Crippen LogP contribution < -0.4 is 14.1 Å². The first-order valence-corrected chi connectivity index (χ1v) is 10.0. The van der Waals surface area contributed by atoms with Gasteiger partial charge in [-0.2, -0.15) is 0 Å². The minimum absolute atomic E-state index is 0.0723. The zero-order valence-corrected chi connectivity index (χ0v) is 16.4. The average molecular weight is 376 g/mol. The van der Waals surface area contributed by atoms with Gasteiger partial charge in [0.15, 0.2) is 0 Å². The monoisotopic (exact) mass is 376 g/mol. The summed E-state index contributed by atoms with van der Waals surface area (Å²) in [4.78, 5) is 14.3. The van der Waals surface area contributed by atoms with Gasteiger partial charge in [0.2, 0.25) is 0 Å². The molecule has 0 unspecified atom stereocenters. The van der Waals surface area contributed by atoms with Crippen LogP contribution in [0.5, 0.6) is 11.5 Å². The quantitative estimate of drug-likeness (QED) is 0.684. The number of benzene rings is 2. The Labute approximate surface area is 154 Å². The van der Waals surface area contributed by atoms with Crippen LogP contribution in [0.2, 0.25) is 0 Å². The van der Waals surface area contributed by atoms with Crippen LogP contribution in [0.3, 0.4) is 0 Å². The van der Waals surface area contributed by atoms with Gasteiger partial charge in [-0.05, 0) is 52.0 Å². The van der Waals surface area contributed by atoms with Crippen LogP contribution >= 0.6 is 7.75 Å². The van der Waals surface area contributed by atoms with Gasteiger partial charge in [0.05, 0.1) is 0 Å². The van der Waals surface area contributed by atoms with Gasteiger partial charge in [0.1, 0.15) is 11.5 Å². The highest BCUT2D eigenvalue weighted by Gasteiger charge is 2.34. The number of urea groups is 1. The standard InChI is InChI=1S/C19H25N2O4P/c1-15(2)21(16(3)4)19(22)20-26(23,24-17-11-7-5-8-12-17)25-18-13-9-6-10-14-18/h5-16H,1-4H3,(H,20,22,23). The van der Waals surface area contributed by atoms with E-state index in [-0.39, 0.29) is 12.1 Å². The molecule has 0 saturated heterocycles. The Balaban J connectivity index is 2.27. The Bertz CT molecular complexity index is 697. The second-order valence-electron chi connectivity index (χ2n) is 6.32. The van der Waals surface area contributed by atoms with E-state index in [4.69, 9.17) is 9.05 Å². The molecule has 6 nitrogen and oxygen atoms in total. The van der Waals surface area contributed by atoms with Crippen molar-refractivity contribution in [1.29, 1.82) is 0 Å². The van der Waals surface area contributed by atoms with E-state index in [1.54, 1.807) is 53.4 Å². The largest absolute Gasteiger partial charge is 0.545 e. The summed E-state index contributed by atoms with van der Waals surface area (Å²) in [7, 11) is -3.99. The van der Waals surface area contributed by atoms with Crippen molar-refractivity contribution >= 4 is 13.8 Å². The Hall–Kier alpha value is -2.46. The summed E-state index contributed by atoms with van der Waals surface area (Å²) in [5, 5.41) is 2.45. The molecule has 0 aliphatic heterocycles. The summed E-state index contributed by atoms with van der Waals surface area (Å²) >= 11 is 0. The van der Waals surface area contributed by atoms with E-state index in [0.29, 0.717) is 11.5 Å². The number of carbonyl (C=O) groups excluding carboxylic acids is 1. The van der Waals surface area contributed by atoms with Crippen LogP contribution in [-0.4, -0.2) is 23.0 Å². The number of para-hydroxylation sites is 2. The predicted molar refractivity (Wildman–Crippen MR) is 102 cm³/mol. The maximum Gasteiger partial charge on any atom is 0.545 e. The van der Waals surface area contributed by atoms with Gasteiger partial charge in [-0.25, -0.2) is 14.4 Å². The highest BCUT2D eigenvalue weighted by atomic mass is 31.2. The second kappa shape index (κ2) is 8.77. The third-order valence-electron chi connectivity index (χ3n) is 3.52. The SMILES string of the molecule is CC(C)N(C(=O)NP(=O)(Oc1ccccc1)Oc1ccccc1)C(C)C. The molecule has 0 atom stereocenters. The predicted octanol–water partition coefficient (Wildman–Crippen LogP) is 5.08. The third-order valence-corrected chi connectivity index (χ3v) is 4.88. The van der Waals surface area contributed by atoms with E-state index in [2.05, 4.69) is 5.09 Å². The lowest BCUT2D eigenvalue weighted by Gasteiger charge is -2.32. The molecule has 2 rings (SSSR count). The van der Waals surface area contributed by atoms with E-state index in [1.807, 2.05) is 39.8 Å². The maximum atomic E-state index is 13.3. The average Bonchev–Trinajstić information content (AvgIpc) is 2.55. The van der Waals surface area contributed by atoms with Gasteiger partial charge in [-0.15, -0.1) is 0 Å². The Morgan fingerprint density at radius 1 is 0.846 bits per heavy atom. The van der Waals surface area contributed by atoms with Crippen molar-refractivity contribution < 1.29 is 18.4 Å². The topological polar surface area (TPSA) is 67.9 Å². The van der Waals surface area contributed by atoms with Crippen molar-refractivity contribution in [1.82, 2.24) is 9.99 Å². The smallest absolute Gasteiger partial charge is 0.400 e. The number of amides is 2. The Kier molecular flexibility index (Phi) is 6.70. The zero-order chi connectivity index (χ0) is 19.2. The molecule has 26 heavy (non-hydrogen) atoms. The molecule has 1 N–H and O–H groups in total. The fourth-order valence-electron chi connectivity index (χ4n) is 2.54. The summed E-state index contributed by atoms with van der Waals surface area (Å²) in [6.45, 7) is 7.56. The highest BCUT2D eigenvalue weighted by molar-refractivity contribution is 7.53. The molecule has 0 fully saturated rings. The zero-order valence-electron chi connectivity index (χ0n) is 15.5. The van der Waals surface area contributed by atoms with Gasteiger partial charge in [0, 0.05) is 12.1 Å². The van der Waals surface area contributed by atoms with E-state index in [9.17, 15) is 9.36 Å². The molecule has 0 saturated carbocycles. The minimum Gasteiger partial charge on any atom is -0.400 e. The van der Waals surface area contributed by atoms with Crippen molar-refractivity contribution in [3.8, 4) is 11.5 Å². The first-order chi connectivity index (χ1) is 12.3. The number of hydrogen-bond acceptors (Lipinski definition) is 4. The van der Waals surface area contributed by atoms with Crippen LogP contribution in [0.4, 0.5) is 4.79 Å². The molecular formula is C19H25N2O4P. The van der Waals surface area contributed by atoms with Gasteiger partial charge in [0.25, 0.3) is 0 Å². The number of nitrogens with one attached hydrogen (secondary N) is 1. The molecule has 0 aliphatic carbocycles. The number of nitrogens with zero attached hydrogens (tertiary/aromatic N) is 1. The molecule has 2 aromatic carbocycles. The summed E-state index contributed by atoms with van der Waals surface area (Å²) in [6.07, 6.45) is 0. The van der Waals surface area contributed by atoms with Crippen molar-refractivity contribution in [3.63, 3.8) is 0 Å². The molecular weight excluding hydrogens is 351 g/mol. The Morgan fingerprint density at radius 3 is 1.58 bits per heavy atom. The molecule has 2 amide bonds. The fraction of sp³-hybridized carbons (Fsp3) is 0.316. The first kappa shape index (κ1) is 19.9. The van der Waals surface area contributed by atoms with Crippen molar-refractivity contribution in [3.05, 3.63) is 60.7 Å². The maximum absolute atomic E-state index is 13.3. The lowest BCUT2D eigenvalue weighted by atomic mass is 10.2. The summed E-state index contributed by atoms with van der Waals surface area (Å²) in [5.41, 5.74) is 0. The van der Waals surface area contributed by atoms with E-state index in [0.717, 1.165) is 0 Å². The number of carbonyl (C=O) groups is 1. The van der Waals surface area contributed by atoms with Gasteiger partial charge >= 0.3 is 13.8 Å². The molecule has 0 bridgehead atoms. The molecule has 7 heteroatoms. The molecule has 0 aliphatic rings. The minimum atomic E-state index is -3.99. The van der Waals surface area contributed by atoms with Gasteiger partial charge < -0.3 is 13.9 Å². The molecule has 0 aromatic heterocycles. The van der Waals surface area contributed by atoms with Crippen LogP contribution in [0.1, 0.15) is 27.7 Å². The van der Waals surface area contributed by atoms with Crippen molar-refractivity contribution in [2.45, 2.75) is 39.8 Å². The molecule has 140 valence electrons. The number of rotatable bonds is 7. The van der Waals surface area contributed by atoms with Crippen molar-refractivity contribution in [2.75, 3.05) is 0 Å². The summed E-state index contributed by atoms with van der Waals surface area (Å²) in [5.74, 6) is 0.681. The normalized spacial score (nSPS) is 11.3. The summed E-state index contributed by atoms with van der Waals surface area (Å²) < 4.78 is 24.4. The molecule has 0 heterocycles. The van der Waals surface area contributed by atoms with Crippen LogP contribution in [0.15, 0.2) is 60.7 Å². The van der Waals surface area contributed by atoms with Crippen LogP contribution in [0, 0.1) is 0 Å². The fourth-order valence-corrected chi connectivity index (χ4v) is 3.82. The van der Waals surface area contributed by atoms with E-state index < -0.39 is 13.8 Å². The van der Waals surface area contributed by atoms with Gasteiger partial charge in [-0.3, -0.25) is 0 Å². The first-order valence-electron chi connectivity index (χ1n) is 8.50. The Morgan fingerprint density at radius 2 is 1.23 bits per heavy atom. The molecule has 2 aromatic rings.